The summed E-state index contributed by atoms with van der Waals surface area (Å²) in [4.78, 5) is 15.3. The van der Waals surface area contributed by atoms with Gasteiger partial charge in [0.15, 0.2) is 0 Å². The first-order chi connectivity index (χ1) is 12.5. The van der Waals surface area contributed by atoms with Crippen molar-refractivity contribution in [2.45, 2.75) is 19.8 Å². The Hall–Kier alpha value is -2.79. The number of halogens is 1. The number of carboxylic acid groups (broad SMARTS) is 1. The molecule has 5 nitrogen and oxygen atoms in total. The predicted molar refractivity (Wildman–Crippen MR) is 98.7 cm³/mol. The van der Waals surface area contributed by atoms with Crippen LogP contribution in [0.3, 0.4) is 0 Å². The van der Waals surface area contributed by atoms with Gasteiger partial charge in [-0.3, -0.25) is 4.79 Å². The number of oxazole rings is 1. The minimum Gasteiger partial charge on any atom is -0.493 e. The lowest BCUT2D eigenvalue weighted by Gasteiger charge is -2.06. The lowest BCUT2D eigenvalue weighted by atomic mass is 10.1. The number of aliphatic carboxylic acids is 1. The molecule has 6 heteroatoms. The van der Waals surface area contributed by atoms with E-state index in [1.54, 1.807) is 36.4 Å². The first-order valence-electron chi connectivity index (χ1n) is 8.17. The summed E-state index contributed by atoms with van der Waals surface area (Å²) in [7, 11) is 0. The van der Waals surface area contributed by atoms with Crippen LogP contribution in [0.15, 0.2) is 52.9 Å². The van der Waals surface area contributed by atoms with Gasteiger partial charge in [-0.05, 0) is 48.9 Å². The molecule has 0 spiro atoms. The highest BCUT2D eigenvalue weighted by Crippen LogP contribution is 2.24. The van der Waals surface area contributed by atoms with E-state index in [0.717, 1.165) is 17.0 Å². The minimum atomic E-state index is -0.866. The number of hydrogen-bond acceptors (Lipinski definition) is 4. The molecule has 0 amide bonds. The van der Waals surface area contributed by atoms with Crippen LogP contribution in [0.1, 0.15) is 17.0 Å². The normalized spacial score (nSPS) is 10.7. The molecule has 0 saturated carbocycles. The van der Waals surface area contributed by atoms with Gasteiger partial charge in [-0.15, -0.1) is 0 Å². The largest absolute Gasteiger partial charge is 0.493 e. The Bertz CT molecular complexity index is 902. The van der Waals surface area contributed by atoms with Crippen LogP contribution in [0.4, 0.5) is 0 Å². The van der Waals surface area contributed by atoms with Crippen LogP contribution in [-0.4, -0.2) is 22.7 Å². The molecule has 1 N–H and O–H groups in total. The van der Waals surface area contributed by atoms with E-state index in [1.165, 1.54) is 0 Å². The van der Waals surface area contributed by atoms with Crippen molar-refractivity contribution in [2.24, 2.45) is 0 Å². The minimum absolute atomic E-state index is 0.0238. The third-order valence-corrected chi connectivity index (χ3v) is 4.10. The van der Waals surface area contributed by atoms with Crippen molar-refractivity contribution < 1.29 is 19.1 Å². The maximum atomic E-state index is 10.8. The second kappa shape index (κ2) is 8.06. The summed E-state index contributed by atoms with van der Waals surface area (Å²) in [5, 5.41) is 9.52. The second-order valence-corrected chi connectivity index (χ2v) is 6.28. The lowest BCUT2D eigenvalue weighted by Crippen LogP contribution is -2.04. The van der Waals surface area contributed by atoms with Crippen LogP contribution >= 0.6 is 11.6 Å². The van der Waals surface area contributed by atoms with Crippen LogP contribution in [-0.2, 0) is 17.6 Å². The summed E-state index contributed by atoms with van der Waals surface area (Å²) < 4.78 is 11.5. The van der Waals surface area contributed by atoms with Gasteiger partial charge in [-0.2, -0.15) is 0 Å². The number of benzene rings is 2. The molecule has 3 aromatic rings. The Morgan fingerprint density at radius 3 is 2.73 bits per heavy atom. The van der Waals surface area contributed by atoms with Crippen molar-refractivity contribution in [2.75, 3.05) is 6.61 Å². The SMILES string of the molecule is Cc1oc(-c2ccc(Cl)cc2)nc1CCOc1cccc(CC(=O)O)c1. The smallest absolute Gasteiger partial charge is 0.307 e. The molecule has 0 aliphatic rings. The fourth-order valence-corrected chi connectivity index (χ4v) is 2.69. The maximum absolute atomic E-state index is 10.8. The molecular weight excluding hydrogens is 354 g/mol. The Labute approximate surface area is 156 Å². The summed E-state index contributed by atoms with van der Waals surface area (Å²) in [5.41, 5.74) is 2.40. The van der Waals surface area contributed by atoms with Gasteiger partial charge in [0.1, 0.15) is 11.5 Å². The number of aryl methyl sites for hydroxylation is 1. The summed E-state index contributed by atoms with van der Waals surface area (Å²) in [6.07, 6.45) is 0.566. The molecule has 1 heterocycles. The van der Waals surface area contributed by atoms with Gasteiger partial charge < -0.3 is 14.3 Å². The van der Waals surface area contributed by atoms with Crippen molar-refractivity contribution in [3.8, 4) is 17.2 Å². The molecule has 0 radical (unpaired) electrons. The third-order valence-electron chi connectivity index (χ3n) is 3.85. The Morgan fingerprint density at radius 2 is 2.00 bits per heavy atom. The average molecular weight is 372 g/mol. The highest BCUT2D eigenvalue weighted by molar-refractivity contribution is 6.30. The third kappa shape index (κ3) is 4.64. The number of hydrogen-bond donors (Lipinski definition) is 1. The summed E-state index contributed by atoms with van der Waals surface area (Å²) >= 11 is 5.90. The number of carboxylic acids is 1. The molecule has 26 heavy (non-hydrogen) atoms. The molecular formula is C20H18ClNO4. The molecule has 0 bridgehead atoms. The van der Waals surface area contributed by atoms with Gasteiger partial charge in [0.05, 0.1) is 18.7 Å². The molecule has 0 aliphatic heterocycles. The van der Waals surface area contributed by atoms with E-state index in [4.69, 9.17) is 25.9 Å². The van der Waals surface area contributed by atoms with E-state index in [-0.39, 0.29) is 6.42 Å². The van der Waals surface area contributed by atoms with Crippen molar-refractivity contribution in [3.05, 3.63) is 70.6 Å². The highest BCUT2D eigenvalue weighted by atomic mass is 35.5. The molecule has 3 rings (SSSR count). The Kier molecular flexibility index (Phi) is 5.58. The van der Waals surface area contributed by atoms with Crippen LogP contribution < -0.4 is 4.74 Å². The number of nitrogens with zero attached hydrogens (tertiary/aromatic N) is 1. The van der Waals surface area contributed by atoms with E-state index < -0.39 is 5.97 Å². The molecule has 1 aromatic heterocycles. The van der Waals surface area contributed by atoms with E-state index in [0.29, 0.717) is 35.3 Å². The van der Waals surface area contributed by atoms with E-state index in [2.05, 4.69) is 4.98 Å². The van der Waals surface area contributed by atoms with Gasteiger partial charge in [0.2, 0.25) is 5.89 Å². The van der Waals surface area contributed by atoms with Gasteiger partial charge in [-0.25, -0.2) is 4.98 Å². The van der Waals surface area contributed by atoms with Crippen molar-refractivity contribution in [1.29, 1.82) is 0 Å². The number of rotatable bonds is 7. The van der Waals surface area contributed by atoms with E-state index in [9.17, 15) is 4.79 Å². The topological polar surface area (TPSA) is 72.6 Å². The lowest BCUT2D eigenvalue weighted by molar-refractivity contribution is -0.136. The summed E-state index contributed by atoms with van der Waals surface area (Å²) in [5.74, 6) is 1.08. The Balaban J connectivity index is 1.62. The van der Waals surface area contributed by atoms with Gasteiger partial charge in [0.25, 0.3) is 0 Å². The molecule has 0 fully saturated rings. The highest BCUT2D eigenvalue weighted by Gasteiger charge is 2.11. The van der Waals surface area contributed by atoms with Crippen LogP contribution in [0, 0.1) is 6.92 Å². The maximum Gasteiger partial charge on any atom is 0.307 e. The first-order valence-corrected chi connectivity index (χ1v) is 8.55. The zero-order valence-corrected chi connectivity index (χ0v) is 15.0. The van der Waals surface area contributed by atoms with E-state index in [1.807, 2.05) is 19.1 Å². The fourth-order valence-electron chi connectivity index (χ4n) is 2.56. The van der Waals surface area contributed by atoms with Crippen LogP contribution in [0.25, 0.3) is 11.5 Å². The predicted octanol–water partition coefficient (Wildman–Crippen LogP) is 4.55. The van der Waals surface area contributed by atoms with Crippen LogP contribution in [0.2, 0.25) is 5.02 Å². The number of ether oxygens (including phenoxy) is 1. The van der Waals surface area contributed by atoms with Crippen molar-refractivity contribution >= 4 is 17.6 Å². The van der Waals surface area contributed by atoms with Crippen molar-refractivity contribution in [1.82, 2.24) is 4.98 Å². The van der Waals surface area contributed by atoms with Crippen LogP contribution in [0.5, 0.6) is 5.75 Å². The molecule has 2 aromatic carbocycles. The summed E-state index contributed by atoms with van der Waals surface area (Å²) in [6.45, 7) is 2.29. The number of carbonyl (C=O) groups is 1. The average Bonchev–Trinajstić information content (AvgIpc) is 2.96. The van der Waals surface area contributed by atoms with Crippen molar-refractivity contribution in [3.63, 3.8) is 0 Å². The van der Waals surface area contributed by atoms with E-state index >= 15 is 0 Å². The van der Waals surface area contributed by atoms with Gasteiger partial charge in [-0.1, -0.05) is 23.7 Å². The van der Waals surface area contributed by atoms with Gasteiger partial charge >= 0.3 is 5.97 Å². The zero-order chi connectivity index (χ0) is 18.5. The standard InChI is InChI=1S/C20H18ClNO4/c1-13-18(22-20(26-13)15-5-7-16(21)8-6-15)9-10-25-17-4-2-3-14(11-17)12-19(23)24/h2-8,11H,9-10,12H2,1H3,(H,23,24). The zero-order valence-electron chi connectivity index (χ0n) is 14.2. The molecule has 0 saturated heterocycles. The monoisotopic (exact) mass is 371 g/mol. The van der Waals surface area contributed by atoms with Gasteiger partial charge in [0, 0.05) is 17.0 Å². The molecule has 0 aliphatic carbocycles. The molecule has 0 unspecified atom stereocenters. The molecule has 134 valence electrons. The quantitative estimate of drug-likeness (QED) is 0.659. The first kappa shape index (κ1) is 18.0. The molecule has 0 atom stereocenters. The Morgan fingerprint density at radius 1 is 1.23 bits per heavy atom. The number of aromatic nitrogens is 1. The fraction of sp³-hybridized carbons (Fsp3) is 0.200. The second-order valence-electron chi connectivity index (χ2n) is 5.85. The summed E-state index contributed by atoms with van der Waals surface area (Å²) in [6, 6.07) is 14.4.